The van der Waals surface area contributed by atoms with Crippen molar-refractivity contribution in [3.8, 4) is 0 Å². The molecule has 3 atom stereocenters. The maximum absolute atomic E-state index is 12.6. The lowest BCUT2D eigenvalue weighted by Gasteiger charge is -2.20. The minimum absolute atomic E-state index is 0.165. The summed E-state index contributed by atoms with van der Waals surface area (Å²) in [6, 6.07) is -1.52. The van der Waals surface area contributed by atoms with Crippen molar-refractivity contribution in [2.75, 3.05) is 19.8 Å². The van der Waals surface area contributed by atoms with Gasteiger partial charge in [-0.15, -0.1) is 0 Å². The summed E-state index contributed by atoms with van der Waals surface area (Å²) in [6.45, 7) is 2.79. The highest BCUT2D eigenvalue weighted by Crippen LogP contribution is 2.43. The number of unbranched alkanes of at least 4 members (excludes halogenated alkanes) is 23. The highest BCUT2D eigenvalue weighted by Gasteiger charge is 2.28. The number of carbonyl (C=O) groups excluding carboxylic acids is 2. The topological polar surface area (TPSA) is 172 Å². The van der Waals surface area contributed by atoms with E-state index in [1.807, 2.05) is 0 Å². The van der Waals surface area contributed by atoms with Gasteiger partial charge < -0.3 is 25.2 Å². The van der Waals surface area contributed by atoms with E-state index in [-0.39, 0.29) is 19.4 Å². The molecule has 0 fully saturated rings. The predicted molar refractivity (Wildman–Crippen MR) is 208 cm³/mol. The van der Waals surface area contributed by atoms with E-state index in [1.54, 1.807) is 0 Å². The Morgan fingerprint density at radius 2 is 0.962 bits per heavy atom. The van der Waals surface area contributed by atoms with Crippen molar-refractivity contribution in [3.05, 3.63) is 12.2 Å². The van der Waals surface area contributed by atoms with Gasteiger partial charge in [0.15, 0.2) is 6.10 Å². The van der Waals surface area contributed by atoms with Crippen LogP contribution in [0.3, 0.4) is 0 Å². The molecule has 0 radical (unpaired) electrons. The molecule has 0 rings (SSSR count). The molecule has 0 aliphatic rings. The molecule has 0 spiro atoms. The molecule has 0 aromatic rings. The number of esters is 2. The van der Waals surface area contributed by atoms with E-state index in [0.29, 0.717) is 12.8 Å². The molecule has 0 aromatic carbocycles. The lowest BCUT2D eigenvalue weighted by Crippen LogP contribution is -2.34. The van der Waals surface area contributed by atoms with E-state index in [4.69, 9.17) is 24.8 Å². The van der Waals surface area contributed by atoms with Gasteiger partial charge in [-0.25, -0.2) is 4.57 Å². The maximum Gasteiger partial charge on any atom is 0.472 e. The molecule has 4 N–H and O–H groups in total. The molecule has 52 heavy (non-hydrogen) atoms. The fourth-order valence-corrected chi connectivity index (χ4v) is 6.48. The molecule has 0 aliphatic carbocycles. The van der Waals surface area contributed by atoms with Crippen molar-refractivity contribution in [1.82, 2.24) is 0 Å². The Morgan fingerprint density at radius 1 is 0.577 bits per heavy atom. The van der Waals surface area contributed by atoms with E-state index < -0.39 is 51.1 Å². The number of aliphatic carboxylic acids is 1. The molecule has 11 nitrogen and oxygen atoms in total. The number of phosphoric acid groups is 1. The molecule has 306 valence electrons. The number of carboxylic acids is 1. The van der Waals surface area contributed by atoms with Gasteiger partial charge in [-0.2, -0.15) is 0 Å². The number of ether oxygens (including phenoxy) is 2. The van der Waals surface area contributed by atoms with Crippen LogP contribution in [0.4, 0.5) is 0 Å². The van der Waals surface area contributed by atoms with Crippen LogP contribution in [0.5, 0.6) is 0 Å². The highest BCUT2D eigenvalue weighted by atomic mass is 31.2. The number of hydrogen-bond acceptors (Lipinski definition) is 9. The zero-order valence-electron chi connectivity index (χ0n) is 32.9. The Bertz CT molecular complexity index is 947. The third-order valence-electron chi connectivity index (χ3n) is 9.01. The second kappa shape index (κ2) is 36.2. The second-order valence-electron chi connectivity index (χ2n) is 14.1. The minimum atomic E-state index is -4.71. The standard InChI is InChI=1S/C40H76NO10P/c1-3-5-7-9-11-13-15-17-18-20-21-23-25-27-29-31-38(42)48-33-36(34-49-52(46,47)50-35-37(41)40(44)45)51-39(43)32-30-28-26-24-22-19-16-14-12-10-8-6-4-2/h17-18,36-37H,3-16,19-35,41H2,1-2H3,(H,44,45)(H,46,47)/t36-,37+/m1/s1. The summed E-state index contributed by atoms with van der Waals surface area (Å²) in [5.41, 5.74) is 5.32. The van der Waals surface area contributed by atoms with E-state index in [1.165, 1.54) is 96.3 Å². The molecular weight excluding hydrogens is 685 g/mol. The van der Waals surface area contributed by atoms with Crippen molar-refractivity contribution in [2.45, 2.75) is 206 Å². The molecule has 0 aliphatic heterocycles. The van der Waals surface area contributed by atoms with Gasteiger partial charge in [0.1, 0.15) is 12.6 Å². The van der Waals surface area contributed by atoms with Crippen molar-refractivity contribution in [3.63, 3.8) is 0 Å². The first kappa shape index (κ1) is 50.2. The molecule has 0 heterocycles. The quantitative estimate of drug-likeness (QED) is 0.0235. The maximum atomic E-state index is 12.6. The Balaban J connectivity index is 4.38. The average Bonchev–Trinajstić information content (AvgIpc) is 3.12. The van der Waals surface area contributed by atoms with Gasteiger partial charge in [-0.3, -0.25) is 23.4 Å². The Morgan fingerprint density at radius 3 is 1.40 bits per heavy atom. The normalized spacial score (nSPS) is 13.9. The first-order valence-corrected chi connectivity index (χ1v) is 22.2. The van der Waals surface area contributed by atoms with E-state index in [0.717, 1.165) is 57.8 Å². The van der Waals surface area contributed by atoms with Crippen LogP contribution in [0, 0.1) is 0 Å². The summed E-state index contributed by atoms with van der Waals surface area (Å²) in [6.07, 6.45) is 34.2. The zero-order chi connectivity index (χ0) is 38.5. The fraction of sp³-hybridized carbons (Fsp3) is 0.875. The molecule has 0 saturated heterocycles. The molecule has 0 saturated carbocycles. The van der Waals surface area contributed by atoms with Crippen LogP contribution in [0.25, 0.3) is 0 Å². The van der Waals surface area contributed by atoms with Crippen LogP contribution in [0.1, 0.15) is 194 Å². The van der Waals surface area contributed by atoms with Crippen LogP contribution in [0.2, 0.25) is 0 Å². The summed E-state index contributed by atoms with van der Waals surface area (Å²) in [5.74, 6) is -2.38. The number of rotatable bonds is 39. The first-order chi connectivity index (χ1) is 25.1. The van der Waals surface area contributed by atoms with Crippen LogP contribution in [-0.2, 0) is 37.5 Å². The van der Waals surface area contributed by atoms with E-state index in [2.05, 4.69) is 30.5 Å². The van der Waals surface area contributed by atoms with Crippen molar-refractivity contribution in [1.29, 1.82) is 0 Å². The number of phosphoric ester groups is 1. The number of carboxylic acid groups (broad SMARTS) is 1. The van der Waals surface area contributed by atoms with Gasteiger partial charge in [0, 0.05) is 12.8 Å². The van der Waals surface area contributed by atoms with E-state index in [9.17, 15) is 23.8 Å². The molecule has 0 aromatic heterocycles. The molecule has 1 unspecified atom stereocenters. The minimum Gasteiger partial charge on any atom is -0.480 e. The van der Waals surface area contributed by atoms with Crippen LogP contribution in [0.15, 0.2) is 12.2 Å². The lowest BCUT2D eigenvalue weighted by atomic mass is 10.0. The number of nitrogens with two attached hydrogens (primary N) is 1. The van der Waals surface area contributed by atoms with Gasteiger partial charge in [0.2, 0.25) is 0 Å². The third-order valence-corrected chi connectivity index (χ3v) is 9.96. The van der Waals surface area contributed by atoms with Gasteiger partial charge >= 0.3 is 25.7 Å². The predicted octanol–water partition coefficient (Wildman–Crippen LogP) is 10.5. The van der Waals surface area contributed by atoms with Crippen molar-refractivity contribution < 1.29 is 47.5 Å². The Hall–Kier alpha value is -1.78. The number of hydrogen-bond donors (Lipinski definition) is 3. The monoisotopic (exact) mass is 762 g/mol. The third kappa shape index (κ3) is 35.3. The smallest absolute Gasteiger partial charge is 0.472 e. The summed E-state index contributed by atoms with van der Waals surface area (Å²) >= 11 is 0. The van der Waals surface area contributed by atoms with Gasteiger partial charge in [-0.1, -0.05) is 154 Å². The molecular formula is C40H76NO10P. The van der Waals surface area contributed by atoms with Crippen LogP contribution < -0.4 is 5.73 Å². The van der Waals surface area contributed by atoms with Gasteiger partial charge in [-0.05, 0) is 38.5 Å². The second-order valence-corrected chi connectivity index (χ2v) is 15.6. The SMILES string of the molecule is CCCCCCCCC=CCCCCCCCC(=O)OC[C@H](COP(=O)(O)OC[C@H](N)C(=O)O)OC(=O)CCCCCCCCCCCCCCC. The molecule has 0 bridgehead atoms. The van der Waals surface area contributed by atoms with Crippen LogP contribution >= 0.6 is 7.82 Å². The number of carbonyl (C=O) groups is 3. The first-order valence-electron chi connectivity index (χ1n) is 20.7. The van der Waals surface area contributed by atoms with Gasteiger partial charge in [0.05, 0.1) is 13.2 Å². The highest BCUT2D eigenvalue weighted by molar-refractivity contribution is 7.47. The molecule has 12 heteroatoms. The lowest BCUT2D eigenvalue weighted by molar-refractivity contribution is -0.161. The fourth-order valence-electron chi connectivity index (χ4n) is 5.71. The summed E-state index contributed by atoms with van der Waals surface area (Å²) in [4.78, 5) is 45.8. The van der Waals surface area contributed by atoms with Crippen molar-refractivity contribution >= 4 is 25.7 Å². The summed E-state index contributed by atoms with van der Waals surface area (Å²) in [7, 11) is -4.71. The zero-order valence-corrected chi connectivity index (χ0v) is 33.8. The summed E-state index contributed by atoms with van der Waals surface area (Å²) in [5, 5.41) is 8.87. The summed E-state index contributed by atoms with van der Waals surface area (Å²) < 4.78 is 32.6. The van der Waals surface area contributed by atoms with Crippen molar-refractivity contribution in [2.24, 2.45) is 5.73 Å². The largest absolute Gasteiger partial charge is 0.480 e. The molecule has 0 amide bonds. The number of allylic oxidation sites excluding steroid dienone is 2. The Labute approximate surface area is 316 Å². The Kier molecular flexibility index (Phi) is 35.0. The van der Waals surface area contributed by atoms with Gasteiger partial charge in [0.25, 0.3) is 0 Å². The average molecular weight is 762 g/mol. The van der Waals surface area contributed by atoms with Crippen LogP contribution in [-0.4, -0.2) is 59.9 Å². The van der Waals surface area contributed by atoms with E-state index >= 15 is 0 Å².